The van der Waals surface area contributed by atoms with E-state index in [9.17, 15) is 9.59 Å². The first-order chi connectivity index (χ1) is 9.56. The van der Waals surface area contributed by atoms with E-state index in [0.29, 0.717) is 19.5 Å². The number of rotatable bonds is 3. The smallest absolute Gasteiger partial charge is 0.308 e. The highest BCUT2D eigenvalue weighted by molar-refractivity contribution is 5.92. The van der Waals surface area contributed by atoms with Crippen molar-refractivity contribution in [3.8, 4) is 0 Å². The molecule has 0 aliphatic carbocycles. The van der Waals surface area contributed by atoms with E-state index in [4.69, 9.17) is 5.11 Å². The van der Waals surface area contributed by atoms with E-state index in [-0.39, 0.29) is 5.91 Å². The molecule has 20 heavy (non-hydrogen) atoms. The number of nitrogens with zero attached hydrogens (tertiary/aromatic N) is 1. The molecule has 2 rings (SSSR count). The summed E-state index contributed by atoms with van der Waals surface area (Å²) in [7, 11) is 0. The van der Waals surface area contributed by atoms with Crippen LogP contribution in [0.2, 0.25) is 0 Å². The van der Waals surface area contributed by atoms with Crippen molar-refractivity contribution in [3.05, 3.63) is 41.5 Å². The monoisotopic (exact) mass is 273 g/mol. The van der Waals surface area contributed by atoms with Gasteiger partial charge in [-0.05, 0) is 31.4 Å². The van der Waals surface area contributed by atoms with Crippen LogP contribution in [0.1, 0.15) is 24.0 Å². The molecule has 0 bridgehead atoms. The Morgan fingerprint density at radius 2 is 2.00 bits per heavy atom. The maximum absolute atomic E-state index is 12.1. The summed E-state index contributed by atoms with van der Waals surface area (Å²) in [6, 6.07) is 7.89. The molecule has 0 aromatic heterocycles. The summed E-state index contributed by atoms with van der Waals surface area (Å²) in [5.74, 6) is -1.36. The predicted molar refractivity (Wildman–Crippen MR) is 77.2 cm³/mol. The second-order valence-corrected chi connectivity index (χ2v) is 5.21. The Morgan fingerprint density at radius 1 is 1.30 bits per heavy atom. The SMILES string of the molecule is Cc1ccc(/C=C/C(=O)N2CCCC(C(=O)O)C2)cc1. The minimum absolute atomic E-state index is 0.114. The number of hydrogen-bond acceptors (Lipinski definition) is 2. The fourth-order valence-corrected chi connectivity index (χ4v) is 2.33. The number of benzene rings is 1. The van der Waals surface area contributed by atoms with Gasteiger partial charge in [0.2, 0.25) is 5.91 Å². The third-order valence-corrected chi connectivity index (χ3v) is 3.58. The molecule has 1 fully saturated rings. The van der Waals surface area contributed by atoms with Crippen LogP contribution in [0.5, 0.6) is 0 Å². The first-order valence-corrected chi connectivity index (χ1v) is 6.83. The van der Waals surface area contributed by atoms with Crippen LogP contribution in [0, 0.1) is 12.8 Å². The fraction of sp³-hybridized carbons (Fsp3) is 0.375. The maximum atomic E-state index is 12.1. The van der Waals surface area contributed by atoms with Gasteiger partial charge in [0, 0.05) is 19.2 Å². The number of carbonyl (C=O) groups is 2. The number of carboxylic acid groups (broad SMARTS) is 1. The highest BCUT2D eigenvalue weighted by Crippen LogP contribution is 2.17. The molecule has 1 aliphatic rings. The third-order valence-electron chi connectivity index (χ3n) is 3.58. The molecule has 1 unspecified atom stereocenters. The average Bonchev–Trinajstić information content (AvgIpc) is 2.46. The Kier molecular flexibility index (Phi) is 4.56. The van der Waals surface area contributed by atoms with Crippen molar-refractivity contribution < 1.29 is 14.7 Å². The third kappa shape index (κ3) is 3.70. The maximum Gasteiger partial charge on any atom is 0.308 e. The van der Waals surface area contributed by atoms with Crippen LogP contribution in [-0.2, 0) is 9.59 Å². The first-order valence-electron chi connectivity index (χ1n) is 6.83. The summed E-state index contributed by atoms with van der Waals surface area (Å²) in [4.78, 5) is 24.6. The summed E-state index contributed by atoms with van der Waals surface area (Å²) >= 11 is 0. The lowest BCUT2D eigenvalue weighted by Gasteiger charge is -2.29. The van der Waals surface area contributed by atoms with Gasteiger partial charge in [-0.3, -0.25) is 9.59 Å². The quantitative estimate of drug-likeness (QED) is 0.860. The molecule has 1 aliphatic heterocycles. The predicted octanol–water partition coefficient (Wildman–Crippen LogP) is 2.33. The normalized spacial score (nSPS) is 19.2. The zero-order valence-electron chi connectivity index (χ0n) is 11.6. The van der Waals surface area contributed by atoms with Gasteiger partial charge in [0.15, 0.2) is 0 Å². The van der Waals surface area contributed by atoms with Gasteiger partial charge >= 0.3 is 5.97 Å². The molecular weight excluding hydrogens is 254 g/mol. The number of hydrogen-bond donors (Lipinski definition) is 1. The number of carboxylic acids is 1. The molecule has 1 N–H and O–H groups in total. The van der Waals surface area contributed by atoms with Gasteiger partial charge in [-0.15, -0.1) is 0 Å². The van der Waals surface area contributed by atoms with E-state index in [1.54, 1.807) is 11.0 Å². The first kappa shape index (κ1) is 14.3. The van der Waals surface area contributed by atoms with Crippen molar-refractivity contribution in [2.24, 2.45) is 5.92 Å². The van der Waals surface area contributed by atoms with Gasteiger partial charge in [0.25, 0.3) is 0 Å². The molecule has 106 valence electrons. The molecule has 1 aromatic carbocycles. The highest BCUT2D eigenvalue weighted by atomic mass is 16.4. The van der Waals surface area contributed by atoms with Gasteiger partial charge in [-0.25, -0.2) is 0 Å². The van der Waals surface area contributed by atoms with Crippen LogP contribution in [0.3, 0.4) is 0 Å². The van der Waals surface area contributed by atoms with Crippen molar-refractivity contribution in [2.45, 2.75) is 19.8 Å². The van der Waals surface area contributed by atoms with Gasteiger partial charge in [-0.1, -0.05) is 29.8 Å². The number of aryl methyl sites for hydroxylation is 1. The summed E-state index contributed by atoms with van der Waals surface area (Å²) < 4.78 is 0. The summed E-state index contributed by atoms with van der Waals surface area (Å²) in [5, 5.41) is 9.02. The molecule has 1 aromatic rings. The van der Waals surface area contributed by atoms with Crippen molar-refractivity contribution in [3.63, 3.8) is 0 Å². The summed E-state index contributed by atoms with van der Waals surface area (Å²) in [6.45, 7) is 2.96. The van der Waals surface area contributed by atoms with Gasteiger partial charge in [0.05, 0.1) is 5.92 Å². The standard InChI is InChI=1S/C16H19NO3/c1-12-4-6-13(7-5-12)8-9-15(18)17-10-2-3-14(11-17)16(19)20/h4-9,14H,2-3,10-11H2,1H3,(H,19,20)/b9-8+. The fourth-order valence-electron chi connectivity index (χ4n) is 2.33. The molecule has 1 amide bonds. The van der Waals surface area contributed by atoms with Crippen LogP contribution in [0.25, 0.3) is 6.08 Å². The van der Waals surface area contributed by atoms with E-state index in [1.807, 2.05) is 31.2 Å². The molecular formula is C16H19NO3. The number of aliphatic carboxylic acids is 1. The molecule has 1 heterocycles. The number of likely N-dealkylation sites (tertiary alicyclic amines) is 1. The van der Waals surface area contributed by atoms with E-state index >= 15 is 0 Å². The van der Waals surface area contributed by atoms with E-state index in [0.717, 1.165) is 12.0 Å². The molecule has 4 heteroatoms. The zero-order chi connectivity index (χ0) is 14.5. The summed E-state index contributed by atoms with van der Waals surface area (Å²) in [5.41, 5.74) is 2.14. The zero-order valence-corrected chi connectivity index (χ0v) is 11.6. The Morgan fingerprint density at radius 3 is 2.65 bits per heavy atom. The second-order valence-electron chi connectivity index (χ2n) is 5.21. The van der Waals surface area contributed by atoms with Gasteiger partial charge in [-0.2, -0.15) is 0 Å². The van der Waals surface area contributed by atoms with Crippen molar-refractivity contribution >= 4 is 18.0 Å². The van der Waals surface area contributed by atoms with Crippen LogP contribution >= 0.6 is 0 Å². The van der Waals surface area contributed by atoms with Crippen molar-refractivity contribution in [1.29, 1.82) is 0 Å². The lowest BCUT2D eigenvalue weighted by molar-refractivity contribution is -0.144. The van der Waals surface area contributed by atoms with E-state index in [2.05, 4.69) is 0 Å². The molecule has 4 nitrogen and oxygen atoms in total. The largest absolute Gasteiger partial charge is 0.481 e. The van der Waals surface area contributed by atoms with E-state index < -0.39 is 11.9 Å². The van der Waals surface area contributed by atoms with Crippen molar-refractivity contribution in [1.82, 2.24) is 4.90 Å². The number of carbonyl (C=O) groups excluding carboxylic acids is 1. The number of amides is 1. The topological polar surface area (TPSA) is 57.6 Å². The molecule has 0 spiro atoms. The van der Waals surface area contributed by atoms with Crippen molar-refractivity contribution in [2.75, 3.05) is 13.1 Å². The number of piperidine rings is 1. The second kappa shape index (κ2) is 6.37. The Hall–Kier alpha value is -2.10. The Bertz CT molecular complexity index is 519. The molecule has 1 atom stereocenters. The van der Waals surface area contributed by atoms with Crippen LogP contribution in [0.15, 0.2) is 30.3 Å². The molecule has 1 saturated heterocycles. The minimum Gasteiger partial charge on any atom is -0.481 e. The summed E-state index contributed by atoms with van der Waals surface area (Å²) in [6.07, 6.45) is 4.70. The lowest BCUT2D eigenvalue weighted by Crippen LogP contribution is -2.41. The minimum atomic E-state index is -0.815. The molecule has 0 saturated carbocycles. The van der Waals surface area contributed by atoms with Gasteiger partial charge < -0.3 is 10.0 Å². The van der Waals surface area contributed by atoms with Crippen LogP contribution in [-0.4, -0.2) is 35.0 Å². The van der Waals surface area contributed by atoms with Crippen LogP contribution < -0.4 is 0 Å². The lowest BCUT2D eigenvalue weighted by atomic mass is 9.98. The highest BCUT2D eigenvalue weighted by Gasteiger charge is 2.26. The molecule has 0 radical (unpaired) electrons. The van der Waals surface area contributed by atoms with E-state index in [1.165, 1.54) is 11.6 Å². The van der Waals surface area contributed by atoms with Crippen LogP contribution in [0.4, 0.5) is 0 Å². The Balaban J connectivity index is 1.97. The van der Waals surface area contributed by atoms with Gasteiger partial charge in [0.1, 0.15) is 0 Å². The average molecular weight is 273 g/mol. The Labute approximate surface area is 118 Å².